The number of carbonyl (C=O) groups is 1. The Morgan fingerprint density at radius 1 is 1.36 bits per heavy atom. The second kappa shape index (κ2) is 3.72. The van der Waals surface area contributed by atoms with Gasteiger partial charge in [0.15, 0.2) is 0 Å². The van der Waals surface area contributed by atoms with E-state index >= 15 is 0 Å². The molecule has 2 rings (SSSR count). The number of carbonyl (C=O) groups excluding carboxylic acids is 1. The molecule has 0 aliphatic heterocycles. The number of rotatable bonds is 3. The third-order valence-corrected chi connectivity index (χ3v) is 3.96. The first-order valence-electron chi connectivity index (χ1n) is 5.55. The number of allylic oxidation sites excluding steroid dienone is 2. The summed E-state index contributed by atoms with van der Waals surface area (Å²) >= 11 is 0. The van der Waals surface area contributed by atoms with Crippen molar-refractivity contribution in [2.45, 2.75) is 25.7 Å². The van der Waals surface area contributed by atoms with E-state index in [0.717, 1.165) is 19.3 Å². The molecule has 0 spiro atoms. The lowest BCUT2D eigenvalue weighted by Crippen LogP contribution is -2.13. The van der Waals surface area contributed by atoms with Crippen LogP contribution in [0.25, 0.3) is 0 Å². The van der Waals surface area contributed by atoms with Crippen LogP contribution < -0.4 is 0 Å². The number of fused-ring (bicyclic) bond motifs is 1. The predicted octanol–water partition coefficient (Wildman–Crippen LogP) is 2.98. The van der Waals surface area contributed by atoms with Gasteiger partial charge in [0, 0.05) is 11.8 Å². The van der Waals surface area contributed by atoms with Gasteiger partial charge in [-0.05, 0) is 37.5 Å². The predicted molar refractivity (Wildman–Crippen MR) is 57.8 cm³/mol. The Hall–Kier alpha value is -0.850. The maximum Gasteiger partial charge on any atom is 0.139 e. The van der Waals surface area contributed by atoms with Gasteiger partial charge in [0.2, 0.25) is 0 Å². The standard InChI is InChI=1S/C13H18O/c1-3-5-10-8-12-9(4-2)6-7-11(12)13(10)14/h3-4,9-12H,1-2,5-8H2/t9-,10+,11+,12-/m1/s1. The summed E-state index contributed by atoms with van der Waals surface area (Å²) < 4.78 is 0. The lowest BCUT2D eigenvalue weighted by Gasteiger charge is -2.13. The van der Waals surface area contributed by atoms with Crippen LogP contribution in [0.4, 0.5) is 0 Å². The van der Waals surface area contributed by atoms with Crippen LogP contribution in [0.1, 0.15) is 25.7 Å². The molecule has 2 aliphatic carbocycles. The molecule has 2 fully saturated rings. The van der Waals surface area contributed by atoms with E-state index in [2.05, 4.69) is 13.2 Å². The Labute approximate surface area is 85.9 Å². The summed E-state index contributed by atoms with van der Waals surface area (Å²) in [6, 6.07) is 0. The van der Waals surface area contributed by atoms with Gasteiger partial charge in [0.25, 0.3) is 0 Å². The summed E-state index contributed by atoms with van der Waals surface area (Å²) in [5, 5.41) is 0. The Balaban J connectivity index is 2.10. The van der Waals surface area contributed by atoms with Crippen molar-refractivity contribution < 1.29 is 4.79 Å². The topological polar surface area (TPSA) is 17.1 Å². The highest BCUT2D eigenvalue weighted by Crippen LogP contribution is 2.49. The fraction of sp³-hybridized carbons (Fsp3) is 0.615. The number of ketones is 1. The fourth-order valence-corrected chi connectivity index (χ4v) is 3.24. The molecule has 2 saturated carbocycles. The minimum Gasteiger partial charge on any atom is -0.299 e. The van der Waals surface area contributed by atoms with Crippen LogP contribution in [0.15, 0.2) is 25.3 Å². The molecule has 0 aromatic carbocycles. The van der Waals surface area contributed by atoms with E-state index in [0.29, 0.717) is 23.5 Å². The quantitative estimate of drug-likeness (QED) is 0.625. The monoisotopic (exact) mass is 190 g/mol. The maximum atomic E-state index is 12.0. The van der Waals surface area contributed by atoms with Crippen LogP contribution in [0, 0.1) is 23.7 Å². The Kier molecular flexibility index (Phi) is 2.58. The Morgan fingerprint density at radius 2 is 2.14 bits per heavy atom. The molecule has 14 heavy (non-hydrogen) atoms. The average molecular weight is 190 g/mol. The molecule has 1 nitrogen and oxygen atoms in total. The van der Waals surface area contributed by atoms with E-state index in [1.54, 1.807) is 0 Å². The van der Waals surface area contributed by atoms with Gasteiger partial charge in [0.05, 0.1) is 0 Å². The molecule has 0 aromatic heterocycles. The fourth-order valence-electron chi connectivity index (χ4n) is 3.24. The molecule has 0 unspecified atom stereocenters. The van der Waals surface area contributed by atoms with E-state index in [1.807, 2.05) is 12.2 Å². The van der Waals surface area contributed by atoms with Crippen LogP contribution in [0.3, 0.4) is 0 Å². The summed E-state index contributed by atoms with van der Waals surface area (Å²) in [7, 11) is 0. The minimum absolute atomic E-state index is 0.269. The summed E-state index contributed by atoms with van der Waals surface area (Å²) in [6.45, 7) is 7.59. The minimum atomic E-state index is 0.269. The zero-order valence-electron chi connectivity index (χ0n) is 8.61. The second-order valence-corrected chi connectivity index (χ2v) is 4.61. The molecular formula is C13H18O. The van der Waals surface area contributed by atoms with Crippen molar-refractivity contribution in [3.05, 3.63) is 25.3 Å². The third-order valence-electron chi connectivity index (χ3n) is 3.96. The highest BCUT2D eigenvalue weighted by Gasteiger charge is 2.47. The van der Waals surface area contributed by atoms with Gasteiger partial charge in [-0.2, -0.15) is 0 Å². The van der Waals surface area contributed by atoms with E-state index in [9.17, 15) is 4.79 Å². The number of Topliss-reactive ketones (excluding diaryl/α,β-unsaturated/α-hetero) is 1. The second-order valence-electron chi connectivity index (χ2n) is 4.61. The Morgan fingerprint density at radius 3 is 2.79 bits per heavy atom. The van der Waals surface area contributed by atoms with Gasteiger partial charge in [-0.15, -0.1) is 13.2 Å². The lowest BCUT2D eigenvalue weighted by atomic mass is 9.91. The first kappa shape index (κ1) is 9.70. The molecular weight excluding hydrogens is 172 g/mol. The van der Waals surface area contributed by atoms with Crippen molar-refractivity contribution in [3.63, 3.8) is 0 Å². The summed E-state index contributed by atoms with van der Waals surface area (Å²) in [4.78, 5) is 12.0. The third kappa shape index (κ3) is 1.35. The van der Waals surface area contributed by atoms with Gasteiger partial charge in [-0.3, -0.25) is 4.79 Å². The molecule has 1 heteroatoms. The van der Waals surface area contributed by atoms with Crippen molar-refractivity contribution in [2.75, 3.05) is 0 Å². The molecule has 0 amide bonds. The van der Waals surface area contributed by atoms with E-state index < -0.39 is 0 Å². The Bertz CT molecular complexity index is 266. The molecule has 4 atom stereocenters. The molecule has 0 bridgehead atoms. The zero-order valence-corrected chi connectivity index (χ0v) is 8.61. The molecule has 0 heterocycles. The molecule has 0 N–H and O–H groups in total. The van der Waals surface area contributed by atoms with Crippen molar-refractivity contribution in [2.24, 2.45) is 23.7 Å². The normalized spacial score (nSPS) is 41.0. The van der Waals surface area contributed by atoms with Gasteiger partial charge < -0.3 is 0 Å². The van der Waals surface area contributed by atoms with E-state index in [1.165, 1.54) is 6.42 Å². The molecule has 0 radical (unpaired) electrons. The largest absolute Gasteiger partial charge is 0.299 e. The van der Waals surface area contributed by atoms with Crippen molar-refractivity contribution >= 4 is 5.78 Å². The number of hydrogen-bond donors (Lipinski definition) is 0. The van der Waals surface area contributed by atoms with Gasteiger partial charge in [0.1, 0.15) is 5.78 Å². The highest BCUT2D eigenvalue weighted by atomic mass is 16.1. The van der Waals surface area contributed by atoms with Crippen LogP contribution in [-0.4, -0.2) is 5.78 Å². The summed E-state index contributed by atoms with van der Waals surface area (Å²) in [6.07, 6.45) is 8.14. The van der Waals surface area contributed by atoms with E-state index in [-0.39, 0.29) is 5.92 Å². The summed E-state index contributed by atoms with van der Waals surface area (Å²) in [5.74, 6) is 2.32. The van der Waals surface area contributed by atoms with Crippen molar-refractivity contribution in [1.29, 1.82) is 0 Å². The molecule has 2 aliphatic rings. The molecule has 0 aromatic rings. The van der Waals surface area contributed by atoms with Gasteiger partial charge in [-0.25, -0.2) is 0 Å². The first-order valence-corrected chi connectivity index (χ1v) is 5.55. The SMILES string of the molecule is C=CC[C@H]1C[C@@H]2[C@H](C=C)CC[C@@H]2C1=O. The maximum absolute atomic E-state index is 12.0. The van der Waals surface area contributed by atoms with Crippen LogP contribution in [-0.2, 0) is 4.79 Å². The van der Waals surface area contributed by atoms with Crippen LogP contribution in [0.2, 0.25) is 0 Å². The average Bonchev–Trinajstić information content (AvgIpc) is 2.70. The van der Waals surface area contributed by atoms with Crippen molar-refractivity contribution in [3.8, 4) is 0 Å². The van der Waals surface area contributed by atoms with Crippen molar-refractivity contribution in [1.82, 2.24) is 0 Å². The van der Waals surface area contributed by atoms with Crippen LogP contribution in [0.5, 0.6) is 0 Å². The first-order chi connectivity index (χ1) is 6.77. The number of hydrogen-bond acceptors (Lipinski definition) is 1. The smallest absolute Gasteiger partial charge is 0.139 e. The molecule has 0 saturated heterocycles. The van der Waals surface area contributed by atoms with Gasteiger partial charge >= 0.3 is 0 Å². The van der Waals surface area contributed by atoms with E-state index in [4.69, 9.17) is 0 Å². The highest BCUT2D eigenvalue weighted by molar-refractivity contribution is 5.86. The van der Waals surface area contributed by atoms with Gasteiger partial charge in [-0.1, -0.05) is 12.2 Å². The summed E-state index contributed by atoms with van der Waals surface area (Å²) in [5.41, 5.74) is 0. The zero-order chi connectivity index (χ0) is 10.1. The lowest BCUT2D eigenvalue weighted by molar-refractivity contribution is -0.124. The molecule has 76 valence electrons. The van der Waals surface area contributed by atoms with Crippen LogP contribution >= 0.6 is 0 Å².